The van der Waals surface area contributed by atoms with Crippen molar-refractivity contribution in [2.45, 2.75) is 50.6 Å². The molecule has 1 saturated carbocycles. The molecule has 0 radical (unpaired) electrons. The van der Waals surface area contributed by atoms with Crippen LogP contribution in [0.25, 0.3) is 0 Å². The van der Waals surface area contributed by atoms with Crippen molar-refractivity contribution in [2.24, 2.45) is 11.8 Å². The lowest BCUT2D eigenvalue weighted by molar-refractivity contribution is -0.885. The summed E-state index contributed by atoms with van der Waals surface area (Å²) in [5.41, 5.74) is 1.28. The highest BCUT2D eigenvalue weighted by atomic mass is 32.2. The molecule has 4 heteroatoms. The normalized spacial score (nSPS) is 25.8. The van der Waals surface area contributed by atoms with E-state index in [4.69, 9.17) is 0 Å². The molecule has 0 aromatic heterocycles. The van der Waals surface area contributed by atoms with Crippen LogP contribution in [0, 0.1) is 11.8 Å². The molecule has 0 saturated heterocycles. The Morgan fingerprint density at radius 2 is 1.96 bits per heavy atom. The summed E-state index contributed by atoms with van der Waals surface area (Å²) >= 11 is 1.76. The van der Waals surface area contributed by atoms with Crippen LogP contribution in [0.1, 0.15) is 38.7 Å². The topological polar surface area (TPSA) is 33.5 Å². The predicted molar refractivity (Wildman–Crippen MR) is 97.8 cm³/mol. The second-order valence-corrected chi connectivity index (χ2v) is 7.98. The zero-order valence-electron chi connectivity index (χ0n) is 14.9. The van der Waals surface area contributed by atoms with Crippen molar-refractivity contribution >= 4 is 17.7 Å². The van der Waals surface area contributed by atoms with E-state index >= 15 is 0 Å². The molecule has 0 bridgehead atoms. The number of carbonyl (C=O) groups is 1. The number of amides is 1. The number of hydrogen-bond donors (Lipinski definition) is 2. The van der Waals surface area contributed by atoms with E-state index in [1.54, 1.807) is 11.8 Å². The molecule has 1 amide bonds. The monoisotopic (exact) mass is 335 g/mol. The van der Waals surface area contributed by atoms with E-state index < -0.39 is 0 Å². The Kier molecular flexibility index (Phi) is 6.97. The molecule has 2 N–H and O–H groups in total. The lowest BCUT2D eigenvalue weighted by Gasteiger charge is -2.34. The van der Waals surface area contributed by atoms with Gasteiger partial charge in [0.05, 0.1) is 7.05 Å². The first-order chi connectivity index (χ1) is 11.0. The summed E-state index contributed by atoms with van der Waals surface area (Å²) in [6.07, 6.45) is 5.75. The molecule has 1 aliphatic rings. The Bertz CT molecular complexity index is 503. The van der Waals surface area contributed by atoms with Gasteiger partial charge in [0.25, 0.3) is 5.91 Å². The molecular weight excluding hydrogens is 304 g/mol. The summed E-state index contributed by atoms with van der Waals surface area (Å²) in [5, 5.41) is 3.27. The van der Waals surface area contributed by atoms with Gasteiger partial charge in [0, 0.05) is 16.5 Å². The SMILES string of the molecule is CSc1ccc(C[NH+](C)CC(=O)N[C@H]2CCC[C@@H](C)[C@@H]2C)cc1. The number of thioether (sulfide) groups is 1. The van der Waals surface area contributed by atoms with Gasteiger partial charge in [-0.25, -0.2) is 0 Å². The highest BCUT2D eigenvalue weighted by Crippen LogP contribution is 2.29. The van der Waals surface area contributed by atoms with Crippen molar-refractivity contribution < 1.29 is 9.69 Å². The van der Waals surface area contributed by atoms with E-state index in [0.717, 1.165) is 13.0 Å². The van der Waals surface area contributed by atoms with Gasteiger partial charge in [-0.2, -0.15) is 0 Å². The summed E-state index contributed by atoms with van der Waals surface area (Å²) in [5.74, 6) is 1.50. The standard InChI is InChI=1S/C19H30N2OS/c1-14-6-5-7-18(15(14)2)20-19(22)13-21(3)12-16-8-10-17(23-4)11-9-16/h8-11,14-15,18H,5-7,12-13H2,1-4H3,(H,20,22)/p+1/t14-,15+,18+/m1/s1. The lowest BCUT2D eigenvalue weighted by atomic mass is 9.78. The molecule has 0 spiro atoms. The van der Waals surface area contributed by atoms with Crippen molar-refractivity contribution in [3.63, 3.8) is 0 Å². The zero-order chi connectivity index (χ0) is 16.8. The summed E-state index contributed by atoms with van der Waals surface area (Å²) in [6.45, 7) is 6.01. The number of quaternary nitrogens is 1. The maximum Gasteiger partial charge on any atom is 0.275 e. The van der Waals surface area contributed by atoms with Crippen LogP contribution in [0.2, 0.25) is 0 Å². The highest BCUT2D eigenvalue weighted by Gasteiger charge is 2.28. The predicted octanol–water partition coefficient (Wildman–Crippen LogP) is 2.36. The van der Waals surface area contributed by atoms with Gasteiger partial charge >= 0.3 is 0 Å². The van der Waals surface area contributed by atoms with Gasteiger partial charge < -0.3 is 10.2 Å². The van der Waals surface area contributed by atoms with Crippen molar-refractivity contribution in [3.8, 4) is 0 Å². The largest absolute Gasteiger partial charge is 0.348 e. The van der Waals surface area contributed by atoms with Crippen LogP contribution >= 0.6 is 11.8 Å². The number of rotatable bonds is 6. The number of hydrogen-bond acceptors (Lipinski definition) is 2. The average Bonchev–Trinajstić information content (AvgIpc) is 2.52. The Hall–Kier alpha value is -1.00. The minimum atomic E-state index is 0.189. The number of benzene rings is 1. The second kappa shape index (κ2) is 8.74. The van der Waals surface area contributed by atoms with Gasteiger partial charge in [0.15, 0.2) is 6.54 Å². The first-order valence-corrected chi connectivity index (χ1v) is 9.95. The van der Waals surface area contributed by atoms with E-state index in [1.807, 2.05) is 0 Å². The van der Waals surface area contributed by atoms with Gasteiger partial charge in [0.2, 0.25) is 0 Å². The van der Waals surface area contributed by atoms with Crippen molar-refractivity contribution in [1.82, 2.24) is 5.32 Å². The number of nitrogens with one attached hydrogen (secondary N) is 2. The Labute approximate surface area is 145 Å². The van der Waals surface area contributed by atoms with Gasteiger partial charge in [-0.05, 0) is 36.6 Å². The fraction of sp³-hybridized carbons (Fsp3) is 0.632. The third kappa shape index (κ3) is 5.54. The van der Waals surface area contributed by atoms with Crippen LogP contribution < -0.4 is 10.2 Å². The molecule has 1 aromatic rings. The van der Waals surface area contributed by atoms with Crippen LogP contribution in [0.15, 0.2) is 29.2 Å². The maximum atomic E-state index is 12.3. The number of likely N-dealkylation sites (N-methyl/N-ethyl adjacent to an activating group) is 1. The molecular formula is C19H31N2OS+. The third-order valence-electron chi connectivity index (χ3n) is 5.18. The minimum absolute atomic E-state index is 0.189. The summed E-state index contributed by atoms with van der Waals surface area (Å²) in [6, 6.07) is 8.99. The van der Waals surface area contributed by atoms with E-state index in [2.05, 4.69) is 56.7 Å². The lowest BCUT2D eigenvalue weighted by Crippen LogP contribution is -3.09. The van der Waals surface area contributed by atoms with Crippen LogP contribution in [0.5, 0.6) is 0 Å². The molecule has 2 rings (SSSR count). The van der Waals surface area contributed by atoms with Crippen molar-refractivity contribution in [3.05, 3.63) is 29.8 Å². The maximum absolute atomic E-state index is 12.3. The van der Waals surface area contributed by atoms with E-state index in [1.165, 1.54) is 28.2 Å². The van der Waals surface area contributed by atoms with E-state index in [-0.39, 0.29) is 5.91 Å². The average molecular weight is 336 g/mol. The zero-order valence-corrected chi connectivity index (χ0v) is 15.7. The van der Waals surface area contributed by atoms with Crippen molar-refractivity contribution in [2.75, 3.05) is 19.8 Å². The molecule has 4 atom stereocenters. The fourth-order valence-electron chi connectivity index (χ4n) is 3.47. The molecule has 128 valence electrons. The molecule has 3 nitrogen and oxygen atoms in total. The minimum Gasteiger partial charge on any atom is -0.348 e. The smallest absolute Gasteiger partial charge is 0.275 e. The Balaban J connectivity index is 1.79. The van der Waals surface area contributed by atoms with E-state index in [9.17, 15) is 4.79 Å². The summed E-state index contributed by atoms with van der Waals surface area (Å²) in [7, 11) is 2.09. The molecule has 1 unspecified atom stereocenters. The Morgan fingerprint density at radius 3 is 2.61 bits per heavy atom. The van der Waals surface area contributed by atoms with Gasteiger partial charge in [-0.15, -0.1) is 11.8 Å². The van der Waals surface area contributed by atoms with E-state index in [0.29, 0.717) is 24.4 Å². The second-order valence-electron chi connectivity index (χ2n) is 7.10. The Morgan fingerprint density at radius 1 is 1.26 bits per heavy atom. The molecule has 0 heterocycles. The van der Waals surface area contributed by atoms with Gasteiger partial charge in [0.1, 0.15) is 6.54 Å². The van der Waals surface area contributed by atoms with Crippen molar-refractivity contribution in [1.29, 1.82) is 0 Å². The van der Waals surface area contributed by atoms with Crippen LogP contribution in [-0.2, 0) is 11.3 Å². The first-order valence-electron chi connectivity index (χ1n) is 8.73. The van der Waals surface area contributed by atoms with Gasteiger partial charge in [-0.1, -0.05) is 38.8 Å². The summed E-state index contributed by atoms with van der Waals surface area (Å²) in [4.78, 5) is 14.8. The van der Waals surface area contributed by atoms with Crippen LogP contribution in [-0.4, -0.2) is 31.8 Å². The molecule has 0 aliphatic heterocycles. The highest BCUT2D eigenvalue weighted by molar-refractivity contribution is 7.98. The van der Waals surface area contributed by atoms with Gasteiger partial charge in [-0.3, -0.25) is 4.79 Å². The molecule has 1 aliphatic carbocycles. The molecule has 1 aromatic carbocycles. The quantitative estimate of drug-likeness (QED) is 0.783. The molecule has 23 heavy (non-hydrogen) atoms. The van der Waals surface area contributed by atoms with Crippen LogP contribution in [0.4, 0.5) is 0 Å². The first kappa shape index (κ1) is 18.3. The van der Waals surface area contributed by atoms with Crippen LogP contribution in [0.3, 0.4) is 0 Å². The number of carbonyl (C=O) groups excluding carboxylic acids is 1. The molecule has 1 fully saturated rings. The summed E-state index contributed by atoms with van der Waals surface area (Å²) < 4.78 is 0. The fourth-order valence-corrected chi connectivity index (χ4v) is 3.88. The third-order valence-corrected chi connectivity index (χ3v) is 5.92.